The fraction of sp³-hybridized carbons (Fsp3) is 0.0833. The summed E-state index contributed by atoms with van der Waals surface area (Å²) in [5.41, 5.74) is 0.938. The van der Waals surface area contributed by atoms with Crippen LogP contribution >= 0.6 is 34.5 Å². The first-order valence-corrected chi connectivity index (χ1v) is 6.43. The molecule has 5 heteroatoms. The highest BCUT2D eigenvalue weighted by molar-refractivity contribution is 7.11. The average molecular weight is 287 g/mol. The van der Waals surface area contributed by atoms with Crippen LogP contribution in [0.5, 0.6) is 5.75 Å². The summed E-state index contributed by atoms with van der Waals surface area (Å²) in [6.07, 6.45) is 0.820. The number of hydrogen-bond donors (Lipinski definition) is 0. The normalized spacial score (nSPS) is 10.2. The molecule has 1 aromatic carbocycles. The van der Waals surface area contributed by atoms with Crippen molar-refractivity contribution in [2.45, 2.75) is 6.61 Å². The third kappa shape index (κ3) is 3.22. The molecule has 0 N–H and O–H groups in total. The third-order valence-electron chi connectivity index (χ3n) is 2.08. The molecular weight excluding hydrogens is 279 g/mol. The number of benzene rings is 1. The molecule has 17 heavy (non-hydrogen) atoms. The maximum absolute atomic E-state index is 10.5. The minimum atomic E-state index is 0.365. The van der Waals surface area contributed by atoms with E-state index in [4.69, 9.17) is 27.9 Å². The molecule has 2 rings (SSSR count). The van der Waals surface area contributed by atoms with Gasteiger partial charge in [0.15, 0.2) is 6.29 Å². The zero-order chi connectivity index (χ0) is 12.3. The Morgan fingerprint density at radius 3 is 2.82 bits per heavy atom. The molecular formula is C12H8Cl2O2S. The van der Waals surface area contributed by atoms with Gasteiger partial charge in [0.25, 0.3) is 0 Å². The Kier molecular flexibility index (Phi) is 4.05. The number of hydrogen-bond acceptors (Lipinski definition) is 3. The van der Waals surface area contributed by atoms with Crippen molar-refractivity contribution in [2.24, 2.45) is 0 Å². The first-order chi connectivity index (χ1) is 8.19. The largest absolute Gasteiger partial charge is 0.487 e. The number of aldehydes is 1. The SMILES string of the molecule is O=Cc1cc(COc2cc(Cl)ccc2Cl)cs1. The van der Waals surface area contributed by atoms with Crippen LogP contribution in [-0.2, 0) is 6.61 Å². The molecule has 0 amide bonds. The summed E-state index contributed by atoms with van der Waals surface area (Å²) >= 11 is 13.2. The average Bonchev–Trinajstić information content (AvgIpc) is 2.78. The van der Waals surface area contributed by atoms with Gasteiger partial charge in [-0.1, -0.05) is 23.2 Å². The molecule has 0 spiro atoms. The Hall–Kier alpha value is -1.03. The number of thiophene rings is 1. The predicted octanol–water partition coefficient (Wildman–Crippen LogP) is 4.45. The van der Waals surface area contributed by atoms with E-state index in [1.807, 2.05) is 5.38 Å². The second-order valence-corrected chi connectivity index (χ2v) is 5.13. The molecule has 0 atom stereocenters. The lowest BCUT2D eigenvalue weighted by Gasteiger charge is -2.06. The molecule has 0 radical (unpaired) electrons. The fourth-order valence-electron chi connectivity index (χ4n) is 1.28. The van der Waals surface area contributed by atoms with E-state index in [1.165, 1.54) is 11.3 Å². The van der Waals surface area contributed by atoms with Crippen LogP contribution in [0.2, 0.25) is 10.0 Å². The van der Waals surface area contributed by atoms with Crippen molar-refractivity contribution in [3.8, 4) is 5.75 Å². The highest BCUT2D eigenvalue weighted by atomic mass is 35.5. The van der Waals surface area contributed by atoms with E-state index in [9.17, 15) is 4.79 Å². The monoisotopic (exact) mass is 286 g/mol. The van der Waals surface area contributed by atoms with Gasteiger partial charge in [0.05, 0.1) is 9.90 Å². The van der Waals surface area contributed by atoms with E-state index < -0.39 is 0 Å². The molecule has 2 nitrogen and oxygen atoms in total. The molecule has 1 heterocycles. The van der Waals surface area contributed by atoms with Crippen molar-refractivity contribution in [1.29, 1.82) is 0 Å². The van der Waals surface area contributed by atoms with Crippen LogP contribution < -0.4 is 4.74 Å². The van der Waals surface area contributed by atoms with Crippen molar-refractivity contribution < 1.29 is 9.53 Å². The van der Waals surface area contributed by atoms with E-state index in [-0.39, 0.29) is 0 Å². The van der Waals surface area contributed by atoms with E-state index >= 15 is 0 Å². The Bertz CT molecular complexity index is 537. The molecule has 0 bridgehead atoms. The van der Waals surface area contributed by atoms with Gasteiger partial charge in [-0.3, -0.25) is 4.79 Å². The quantitative estimate of drug-likeness (QED) is 0.777. The molecule has 0 fully saturated rings. The summed E-state index contributed by atoms with van der Waals surface area (Å²) in [6, 6.07) is 6.84. The molecule has 0 saturated carbocycles. The number of rotatable bonds is 4. The van der Waals surface area contributed by atoms with Gasteiger partial charge in [-0.05, 0) is 23.6 Å². The van der Waals surface area contributed by atoms with Crippen LogP contribution in [-0.4, -0.2) is 6.29 Å². The van der Waals surface area contributed by atoms with Crippen LogP contribution in [0.3, 0.4) is 0 Å². The van der Waals surface area contributed by atoms with Crippen molar-refractivity contribution in [3.63, 3.8) is 0 Å². The van der Waals surface area contributed by atoms with Gasteiger partial charge in [0.2, 0.25) is 0 Å². The van der Waals surface area contributed by atoms with Crippen molar-refractivity contribution in [3.05, 3.63) is 50.1 Å². The van der Waals surface area contributed by atoms with E-state index in [0.717, 1.165) is 11.8 Å². The summed E-state index contributed by atoms with van der Waals surface area (Å²) in [5, 5.41) is 2.96. The van der Waals surface area contributed by atoms with Crippen LogP contribution in [0, 0.1) is 0 Å². The van der Waals surface area contributed by atoms with Gasteiger partial charge >= 0.3 is 0 Å². The molecule has 0 saturated heterocycles. The molecule has 0 aliphatic rings. The van der Waals surface area contributed by atoms with E-state index in [0.29, 0.717) is 27.3 Å². The topological polar surface area (TPSA) is 26.3 Å². The highest BCUT2D eigenvalue weighted by Gasteiger charge is 2.04. The number of ether oxygens (including phenoxy) is 1. The molecule has 0 aliphatic carbocycles. The van der Waals surface area contributed by atoms with Gasteiger partial charge in [-0.15, -0.1) is 11.3 Å². The molecule has 1 aromatic heterocycles. The standard InChI is InChI=1S/C12H8Cl2O2S/c13-9-1-2-11(14)12(4-9)16-6-8-3-10(5-15)17-7-8/h1-5,7H,6H2. The van der Waals surface area contributed by atoms with Crippen molar-refractivity contribution in [2.75, 3.05) is 0 Å². The van der Waals surface area contributed by atoms with Gasteiger partial charge in [0.1, 0.15) is 12.4 Å². The number of carbonyl (C=O) groups excluding carboxylic acids is 1. The Morgan fingerprint density at radius 1 is 1.29 bits per heavy atom. The molecule has 2 aromatic rings. The third-order valence-corrected chi connectivity index (χ3v) is 3.53. The smallest absolute Gasteiger partial charge is 0.160 e. The predicted molar refractivity (Wildman–Crippen MR) is 70.5 cm³/mol. The van der Waals surface area contributed by atoms with Crippen molar-refractivity contribution >= 4 is 40.8 Å². The lowest BCUT2D eigenvalue weighted by atomic mass is 10.3. The van der Waals surface area contributed by atoms with Gasteiger partial charge < -0.3 is 4.74 Å². The minimum absolute atomic E-state index is 0.365. The Balaban J connectivity index is 2.06. The van der Waals surface area contributed by atoms with Crippen LogP contribution in [0.25, 0.3) is 0 Å². The first kappa shape index (κ1) is 12.4. The molecule has 0 aliphatic heterocycles. The summed E-state index contributed by atoms with van der Waals surface area (Å²) in [6.45, 7) is 0.365. The first-order valence-electron chi connectivity index (χ1n) is 4.79. The maximum Gasteiger partial charge on any atom is 0.160 e. The van der Waals surface area contributed by atoms with Crippen LogP contribution in [0.1, 0.15) is 15.2 Å². The number of carbonyl (C=O) groups is 1. The van der Waals surface area contributed by atoms with E-state index in [2.05, 4.69) is 0 Å². The maximum atomic E-state index is 10.5. The van der Waals surface area contributed by atoms with Gasteiger partial charge in [-0.2, -0.15) is 0 Å². The lowest BCUT2D eigenvalue weighted by Crippen LogP contribution is -1.94. The minimum Gasteiger partial charge on any atom is -0.487 e. The second kappa shape index (κ2) is 5.54. The van der Waals surface area contributed by atoms with Crippen LogP contribution in [0.15, 0.2) is 29.6 Å². The summed E-state index contributed by atoms with van der Waals surface area (Å²) in [7, 11) is 0. The lowest BCUT2D eigenvalue weighted by molar-refractivity contribution is 0.112. The zero-order valence-corrected chi connectivity index (χ0v) is 11.0. The Labute approximate surface area is 113 Å². The fourth-order valence-corrected chi connectivity index (χ4v) is 2.31. The van der Waals surface area contributed by atoms with Gasteiger partial charge in [-0.25, -0.2) is 0 Å². The second-order valence-electron chi connectivity index (χ2n) is 3.34. The number of halogens is 2. The summed E-state index contributed by atoms with van der Waals surface area (Å²) in [5.74, 6) is 0.540. The zero-order valence-electron chi connectivity index (χ0n) is 8.65. The van der Waals surface area contributed by atoms with Crippen molar-refractivity contribution in [1.82, 2.24) is 0 Å². The molecule has 88 valence electrons. The highest BCUT2D eigenvalue weighted by Crippen LogP contribution is 2.28. The summed E-state index contributed by atoms with van der Waals surface area (Å²) in [4.78, 5) is 11.2. The van der Waals surface area contributed by atoms with Crippen LogP contribution in [0.4, 0.5) is 0 Å². The van der Waals surface area contributed by atoms with E-state index in [1.54, 1.807) is 24.3 Å². The Morgan fingerprint density at radius 2 is 2.12 bits per heavy atom. The summed E-state index contributed by atoms with van der Waals surface area (Å²) < 4.78 is 5.54. The molecule has 0 unspecified atom stereocenters. The van der Waals surface area contributed by atoms with Gasteiger partial charge in [0, 0.05) is 16.7 Å².